The summed E-state index contributed by atoms with van der Waals surface area (Å²) in [4.78, 5) is 17.2. The van der Waals surface area contributed by atoms with Crippen molar-refractivity contribution < 1.29 is 4.79 Å². The summed E-state index contributed by atoms with van der Waals surface area (Å²) in [6.07, 6.45) is 2.56. The molecule has 2 aromatic carbocycles. The van der Waals surface area contributed by atoms with Gasteiger partial charge in [0.2, 0.25) is 0 Å². The van der Waals surface area contributed by atoms with E-state index < -0.39 is 0 Å². The summed E-state index contributed by atoms with van der Waals surface area (Å²) in [5.41, 5.74) is 9.76. The van der Waals surface area contributed by atoms with E-state index in [-0.39, 0.29) is 5.91 Å². The third-order valence-electron chi connectivity index (χ3n) is 5.27. The topological polar surface area (TPSA) is 90.2 Å². The molecule has 0 unspecified atom stereocenters. The van der Waals surface area contributed by atoms with Crippen LogP contribution in [0, 0.1) is 11.3 Å². The average molecular weight is 424 g/mol. The number of hydrazone groups is 1. The van der Waals surface area contributed by atoms with Crippen LogP contribution in [0.1, 0.15) is 34.3 Å². The summed E-state index contributed by atoms with van der Waals surface area (Å²) < 4.78 is 0. The molecule has 0 spiro atoms. The number of hydrogen-bond donors (Lipinski definition) is 2. The number of nitriles is 1. The second kappa shape index (κ2) is 7.67. The lowest BCUT2D eigenvalue weighted by Crippen LogP contribution is -2.19. The molecule has 5 rings (SSSR count). The van der Waals surface area contributed by atoms with E-state index in [1.54, 1.807) is 11.3 Å². The van der Waals surface area contributed by atoms with Crippen molar-refractivity contribution in [3.05, 3.63) is 98.6 Å². The molecule has 3 heterocycles. The lowest BCUT2D eigenvalue weighted by molar-refractivity contribution is -0.116. The molecule has 0 radical (unpaired) electrons. The molecule has 0 saturated carbocycles. The van der Waals surface area contributed by atoms with Crippen molar-refractivity contribution in [2.75, 3.05) is 5.32 Å². The normalized spacial score (nSPS) is 17.2. The van der Waals surface area contributed by atoms with E-state index in [0.717, 1.165) is 33.1 Å². The highest BCUT2D eigenvalue weighted by molar-refractivity contribution is 7.09. The average Bonchev–Trinajstić information content (AvgIpc) is 3.39. The van der Waals surface area contributed by atoms with Crippen molar-refractivity contribution in [3.63, 3.8) is 0 Å². The van der Waals surface area contributed by atoms with Gasteiger partial charge in [-0.1, -0.05) is 36.4 Å². The first kappa shape index (κ1) is 19.0. The van der Waals surface area contributed by atoms with Crippen LogP contribution >= 0.6 is 11.3 Å². The van der Waals surface area contributed by atoms with Crippen molar-refractivity contribution in [1.29, 1.82) is 5.26 Å². The zero-order valence-corrected chi connectivity index (χ0v) is 17.5. The quantitative estimate of drug-likeness (QED) is 0.617. The molecule has 150 valence electrons. The van der Waals surface area contributed by atoms with Gasteiger partial charge in [0, 0.05) is 28.6 Å². The number of rotatable bonds is 3. The number of nitrogens with zero attached hydrogens (tertiary/aromatic N) is 3. The van der Waals surface area contributed by atoms with Crippen molar-refractivity contribution in [2.24, 2.45) is 5.10 Å². The Hall–Kier alpha value is -4.02. The van der Waals surface area contributed by atoms with Gasteiger partial charge in [0.05, 0.1) is 39.3 Å². The first-order valence-electron chi connectivity index (χ1n) is 9.74. The molecular weight excluding hydrogens is 406 g/mol. The number of aromatic nitrogens is 1. The van der Waals surface area contributed by atoms with E-state index in [9.17, 15) is 10.1 Å². The minimum Gasteiger partial charge on any atom is -0.354 e. The van der Waals surface area contributed by atoms with Crippen LogP contribution in [0.4, 0.5) is 5.69 Å². The second-order valence-electron chi connectivity index (χ2n) is 7.23. The molecule has 7 heteroatoms. The Morgan fingerprint density at radius 2 is 1.94 bits per heavy atom. The molecule has 31 heavy (non-hydrogen) atoms. The van der Waals surface area contributed by atoms with Crippen molar-refractivity contribution in [1.82, 2.24) is 10.4 Å². The molecule has 1 aromatic heterocycles. The van der Waals surface area contributed by atoms with E-state index in [2.05, 4.69) is 21.9 Å². The maximum Gasteiger partial charge on any atom is 0.275 e. The number of allylic oxidation sites excluding steroid dienone is 1. The highest BCUT2D eigenvalue weighted by Gasteiger charge is 2.27. The van der Waals surface area contributed by atoms with Crippen LogP contribution in [0.5, 0.6) is 0 Å². The van der Waals surface area contributed by atoms with Gasteiger partial charge in [-0.05, 0) is 30.7 Å². The van der Waals surface area contributed by atoms with Gasteiger partial charge in [0.15, 0.2) is 0 Å². The van der Waals surface area contributed by atoms with E-state index >= 15 is 0 Å². The second-order valence-corrected chi connectivity index (χ2v) is 8.17. The monoisotopic (exact) mass is 423 g/mol. The highest BCUT2D eigenvalue weighted by Crippen LogP contribution is 2.37. The number of fused-ring (bicyclic) bond motifs is 1. The van der Waals surface area contributed by atoms with Gasteiger partial charge in [0.1, 0.15) is 0 Å². The van der Waals surface area contributed by atoms with E-state index in [1.165, 1.54) is 0 Å². The molecule has 3 aromatic rings. The lowest BCUT2D eigenvalue weighted by Gasteiger charge is -2.21. The van der Waals surface area contributed by atoms with Crippen molar-refractivity contribution >= 4 is 34.2 Å². The summed E-state index contributed by atoms with van der Waals surface area (Å²) in [6.45, 7) is 1.81. The van der Waals surface area contributed by atoms with Crippen LogP contribution in [-0.4, -0.2) is 16.6 Å². The lowest BCUT2D eigenvalue weighted by atomic mass is 9.94. The van der Waals surface area contributed by atoms with Gasteiger partial charge in [-0.25, -0.2) is 10.4 Å². The van der Waals surface area contributed by atoms with E-state index in [1.807, 2.05) is 66.9 Å². The Morgan fingerprint density at radius 3 is 2.74 bits per heavy atom. The number of para-hydroxylation sites is 1. The Balaban J connectivity index is 1.57. The summed E-state index contributed by atoms with van der Waals surface area (Å²) >= 11 is 1.57. The minimum absolute atomic E-state index is 0.220. The largest absolute Gasteiger partial charge is 0.354 e. The maximum absolute atomic E-state index is 12.3. The number of amides is 1. The molecule has 2 aliphatic heterocycles. The number of carbonyl (C=O) groups excluding carboxylic acids is 1. The van der Waals surface area contributed by atoms with Crippen LogP contribution in [0.25, 0.3) is 5.57 Å². The number of hydrogen-bond acceptors (Lipinski definition) is 6. The van der Waals surface area contributed by atoms with Crippen LogP contribution in [0.15, 0.2) is 76.4 Å². The molecular formula is C24H17N5OS. The van der Waals surface area contributed by atoms with Gasteiger partial charge in [-0.3, -0.25) is 4.79 Å². The van der Waals surface area contributed by atoms with Crippen LogP contribution < -0.4 is 10.7 Å². The first-order valence-corrected chi connectivity index (χ1v) is 10.6. The van der Waals surface area contributed by atoms with Crippen LogP contribution in [-0.2, 0) is 11.2 Å². The summed E-state index contributed by atoms with van der Waals surface area (Å²) in [6, 6.07) is 17.8. The first-order chi connectivity index (χ1) is 15.1. The van der Waals surface area contributed by atoms with Crippen LogP contribution in [0.2, 0.25) is 0 Å². The molecule has 0 bridgehead atoms. The molecule has 1 amide bonds. The summed E-state index contributed by atoms with van der Waals surface area (Å²) in [7, 11) is 0. The molecule has 2 aliphatic rings. The summed E-state index contributed by atoms with van der Waals surface area (Å²) in [5.74, 6) is -0.220. The fraction of sp³-hybridized carbons (Fsp3) is 0.0833. The maximum atomic E-state index is 12.3. The Labute approximate surface area is 183 Å². The minimum atomic E-state index is -0.220. The highest BCUT2D eigenvalue weighted by atomic mass is 32.1. The van der Waals surface area contributed by atoms with Crippen LogP contribution in [0.3, 0.4) is 0 Å². The van der Waals surface area contributed by atoms with Gasteiger partial charge < -0.3 is 5.32 Å². The smallest absolute Gasteiger partial charge is 0.275 e. The Morgan fingerprint density at radius 1 is 1.13 bits per heavy atom. The Kier molecular flexibility index (Phi) is 4.69. The number of thiazole rings is 1. The number of carbonyl (C=O) groups is 1. The zero-order chi connectivity index (χ0) is 21.4. The number of anilines is 1. The predicted molar refractivity (Wildman–Crippen MR) is 121 cm³/mol. The van der Waals surface area contributed by atoms with E-state index in [0.29, 0.717) is 29.0 Å². The van der Waals surface area contributed by atoms with Gasteiger partial charge in [-0.2, -0.15) is 10.4 Å². The Bertz CT molecular complexity index is 1360. The SMILES string of the molecule is CC1=NNC(=O)/C1=C1/C=C(c2csc(Cc3ccccc3C#N)n2)c2ccccc2N1. The molecule has 0 aliphatic carbocycles. The standard InChI is InChI=1S/C24H17N5OS/c1-14-23(24(30)29-28-14)20-11-18(17-8-4-5-9-19(17)26-20)21-13-31-22(27-21)10-15-6-2-3-7-16(15)12-25/h2-9,11,13,26H,10H2,1H3,(H,29,30)/b23-20-. The summed E-state index contributed by atoms with van der Waals surface area (Å²) in [5, 5.41) is 19.7. The molecule has 0 atom stereocenters. The molecule has 0 fully saturated rings. The predicted octanol–water partition coefficient (Wildman–Crippen LogP) is 4.22. The number of nitrogens with one attached hydrogen (secondary N) is 2. The fourth-order valence-electron chi connectivity index (χ4n) is 3.77. The third kappa shape index (κ3) is 3.43. The van der Waals surface area contributed by atoms with Gasteiger partial charge >= 0.3 is 0 Å². The van der Waals surface area contributed by atoms with Crippen molar-refractivity contribution in [2.45, 2.75) is 13.3 Å². The molecule has 2 N–H and O–H groups in total. The fourth-order valence-corrected chi connectivity index (χ4v) is 4.58. The van der Waals surface area contributed by atoms with Gasteiger partial charge in [0.25, 0.3) is 5.91 Å². The molecule has 6 nitrogen and oxygen atoms in total. The molecule has 0 saturated heterocycles. The van der Waals surface area contributed by atoms with Crippen molar-refractivity contribution in [3.8, 4) is 6.07 Å². The van der Waals surface area contributed by atoms with E-state index in [4.69, 9.17) is 4.98 Å². The third-order valence-corrected chi connectivity index (χ3v) is 6.11. The zero-order valence-electron chi connectivity index (χ0n) is 16.6. The van der Waals surface area contributed by atoms with Gasteiger partial charge in [-0.15, -0.1) is 11.3 Å². The number of benzene rings is 2.